The van der Waals surface area contributed by atoms with Crippen LogP contribution in [0.4, 0.5) is 4.39 Å². The largest absolute Gasteiger partial charge is 0.489 e. The molecular formula is C16H15FO2. The molecule has 1 unspecified atom stereocenters. The molecule has 2 rings (SSSR count). The maximum absolute atomic E-state index is 13.9. The molecule has 0 fully saturated rings. The SMILES string of the molecule is CC1(F)C=CC=CC(COc2ccc(C=O)cc2)=C1. The molecule has 0 heterocycles. The minimum Gasteiger partial charge on any atom is -0.489 e. The number of halogens is 1. The van der Waals surface area contributed by atoms with Gasteiger partial charge in [-0.25, -0.2) is 4.39 Å². The summed E-state index contributed by atoms with van der Waals surface area (Å²) in [6, 6.07) is 6.80. The molecule has 0 spiro atoms. The van der Waals surface area contributed by atoms with Gasteiger partial charge in [0.2, 0.25) is 0 Å². The zero-order valence-electron chi connectivity index (χ0n) is 10.7. The van der Waals surface area contributed by atoms with Crippen LogP contribution in [0, 0.1) is 0 Å². The zero-order valence-corrected chi connectivity index (χ0v) is 10.7. The Hall–Kier alpha value is -2.16. The summed E-state index contributed by atoms with van der Waals surface area (Å²) in [5, 5.41) is 0. The number of allylic oxidation sites excluding steroid dienone is 4. The number of aldehydes is 1. The first-order chi connectivity index (χ1) is 9.09. The van der Waals surface area contributed by atoms with Gasteiger partial charge in [0.05, 0.1) is 0 Å². The lowest BCUT2D eigenvalue weighted by molar-refractivity contribution is 0.112. The van der Waals surface area contributed by atoms with Crippen LogP contribution in [0.1, 0.15) is 17.3 Å². The standard InChI is InChI=1S/C16H15FO2/c1-16(17)9-3-2-4-14(10-16)12-19-15-7-5-13(11-18)6-8-15/h2-11H,12H2,1H3. The van der Waals surface area contributed by atoms with E-state index in [-0.39, 0.29) is 6.61 Å². The highest BCUT2D eigenvalue weighted by Gasteiger charge is 2.17. The summed E-state index contributed by atoms with van der Waals surface area (Å²) in [6.07, 6.45) is 9.10. The predicted molar refractivity (Wildman–Crippen MR) is 73.2 cm³/mol. The third kappa shape index (κ3) is 3.91. The van der Waals surface area contributed by atoms with Crippen LogP contribution < -0.4 is 4.74 Å². The molecule has 2 nitrogen and oxygen atoms in total. The molecule has 98 valence electrons. The van der Waals surface area contributed by atoms with Gasteiger partial charge in [-0.1, -0.05) is 18.2 Å². The Morgan fingerprint density at radius 1 is 1.26 bits per heavy atom. The van der Waals surface area contributed by atoms with Crippen LogP contribution >= 0.6 is 0 Å². The first-order valence-corrected chi connectivity index (χ1v) is 6.04. The van der Waals surface area contributed by atoms with Gasteiger partial charge >= 0.3 is 0 Å². The second-order valence-electron chi connectivity index (χ2n) is 4.56. The van der Waals surface area contributed by atoms with Gasteiger partial charge in [0.1, 0.15) is 24.3 Å². The molecule has 0 saturated heterocycles. The summed E-state index contributed by atoms with van der Waals surface area (Å²) in [7, 11) is 0. The monoisotopic (exact) mass is 258 g/mol. The van der Waals surface area contributed by atoms with Gasteiger partial charge in [0, 0.05) is 5.56 Å². The Kier molecular flexibility index (Phi) is 3.95. The Balaban J connectivity index is 2.01. The molecule has 0 aromatic heterocycles. The molecule has 0 bridgehead atoms. The van der Waals surface area contributed by atoms with Gasteiger partial charge in [-0.15, -0.1) is 0 Å². The molecule has 0 saturated carbocycles. The fourth-order valence-electron chi connectivity index (χ4n) is 1.78. The normalized spacial score (nSPS) is 21.7. The molecule has 1 aromatic rings. The number of rotatable bonds is 4. The fraction of sp³-hybridized carbons (Fsp3) is 0.188. The van der Waals surface area contributed by atoms with E-state index < -0.39 is 5.67 Å². The topological polar surface area (TPSA) is 26.3 Å². The van der Waals surface area contributed by atoms with Gasteiger partial charge in [-0.3, -0.25) is 4.79 Å². The van der Waals surface area contributed by atoms with Gasteiger partial charge in [0.15, 0.2) is 0 Å². The van der Waals surface area contributed by atoms with E-state index in [2.05, 4.69) is 0 Å². The van der Waals surface area contributed by atoms with Crippen LogP contribution in [0.15, 0.2) is 60.2 Å². The van der Waals surface area contributed by atoms with Crippen LogP contribution in [-0.2, 0) is 0 Å². The summed E-state index contributed by atoms with van der Waals surface area (Å²) in [6.45, 7) is 1.79. The van der Waals surface area contributed by atoms with Gasteiger partial charge in [-0.05, 0) is 48.9 Å². The summed E-state index contributed by atoms with van der Waals surface area (Å²) in [5.74, 6) is 0.651. The molecule has 1 aliphatic carbocycles. The van der Waals surface area contributed by atoms with Crippen LogP contribution in [0.5, 0.6) is 5.75 Å². The maximum Gasteiger partial charge on any atom is 0.150 e. The first-order valence-electron chi connectivity index (χ1n) is 6.04. The van der Waals surface area contributed by atoms with Crippen molar-refractivity contribution < 1.29 is 13.9 Å². The van der Waals surface area contributed by atoms with Crippen LogP contribution in [-0.4, -0.2) is 18.6 Å². The number of hydrogen-bond donors (Lipinski definition) is 0. The lowest BCUT2D eigenvalue weighted by atomic mass is 10.1. The molecule has 1 aliphatic rings. The summed E-state index contributed by atoms with van der Waals surface area (Å²) in [5.41, 5.74) is -0.0836. The quantitative estimate of drug-likeness (QED) is 0.770. The second-order valence-corrected chi connectivity index (χ2v) is 4.56. The van der Waals surface area contributed by atoms with Crippen molar-refractivity contribution in [2.24, 2.45) is 0 Å². The van der Waals surface area contributed by atoms with Crippen molar-refractivity contribution >= 4 is 6.29 Å². The summed E-state index contributed by atoms with van der Waals surface area (Å²) >= 11 is 0. The third-order valence-corrected chi connectivity index (χ3v) is 2.73. The summed E-state index contributed by atoms with van der Waals surface area (Å²) in [4.78, 5) is 10.5. The number of carbonyl (C=O) groups is 1. The Morgan fingerprint density at radius 2 is 2.00 bits per heavy atom. The number of hydrogen-bond acceptors (Lipinski definition) is 2. The smallest absolute Gasteiger partial charge is 0.150 e. The van der Waals surface area contributed by atoms with Crippen molar-refractivity contribution in [1.82, 2.24) is 0 Å². The molecular weight excluding hydrogens is 243 g/mol. The Labute approximate surface area is 111 Å². The zero-order chi connectivity index (χ0) is 13.7. The molecule has 0 N–H and O–H groups in total. The Bertz CT molecular complexity index is 536. The van der Waals surface area contributed by atoms with E-state index in [4.69, 9.17) is 4.74 Å². The van der Waals surface area contributed by atoms with Gasteiger partial charge in [0.25, 0.3) is 0 Å². The summed E-state index contributed by atoms with van der Waals surface area (Å²) < 4.78 is 19.5. The van der Waals surface area contributed by atoms with E-state index in [0.29, 0.717) is 11.3 Å². The second kappa shape index (κ2) is 5.65. The number of benzene rings is 1. The highest BCUT2D eigenvalue weighted by molar-refractivity contribution is 5.74. The average Bonchev–Trinajstić information content (AvgIpc) is 2.57. The van der Waals surface area contributed by atoms with Crippen LogP contribution in [0.3, 0.4) is 0 Å². The highest BCUT2D eigenvalue weighted by Crippen LogP contribution is 2.21. The van der Waals surface area contributed by atoms with Crippen molar-refractivity contribution in [3.05, 3.63) is 65.8 Å². The lowest BCUT2D eigenvalue weighted by Crippen LogP contribution is -2.11. The van der Waals surface area contributed by atoms with E-state index in [0.717, 1.165) is 11.9 Å². The molecule has 0 aliphatic heterocycles. The molecule has 0 amide bonds. The highest BCUT2D eigenvalue weighted by atomic mass is 19.1. The first kappa shape index (κ1) is 13.3. The van der Waals surface area contributed by atoms with Crippen molar-refractivity contribution in [2.75, 3.05) is 6.61 Å². The maximum atomic E-state index is 13.9. The number of alkyl halides is 1. The van der Waals surface area contributed by atoms with E-state index in [1.807, 2.05) is 6.08 Å². The number of ether oxygens (including phenoxy) is 1. The van der Waals surface area contributed by atoms with E-state index in [9.17, 15) is 9.18 Å². The molecule has 1 atom stereocenters. The van der Waals surface area contributed by atoms with Crippen LogP contribution in [0.25, 0.3) is 0 Å². The predicted octanol–water partition coefficient (Wildman–Crippen LogP) is 3.66. The van der Waals surface area contributed by atoms with Crippen molar-refractivity contribution in [1.29, 1.82) is 0 Å². The van der Waals surface area contributed by atoms with E-state index >= 15 is 0 Å². The molecule has 3 heteroatoms. The number of carbonyl (C=O) groups excluding carboxylic acids is 1. The average molecular weight is 258 g/mol. The lowest BCUT2D eigenvalue weighted by Gasteiger charge is -2.12. The third-order valence-electron chi connectivity index (χ3n) is 2.73. The van der Waals surface area contributed by atoms with Gasteiger partial charge in [-0.2, -0.15) is 0 Å². The fourth-order valence-corrected chi connectivity index (χ4v) is 1.78. The Morgan fingerprint density at radius 3 is 2.68 bits per heavy atom. The minimum absolute atomic E-state index is 0.290. The van der Waals surface area contributed by atoms with E-state index in [1.54, 1.807) is 36.4 Å². The molecule has 0 radical (unpaired) electrons. The molecule has 1 aromatic carbocycles. The van der Waals surface area contributed by atoms with Crippen molar-refractivity contribution in [3.63, 3.8) is 0 Å². The molecule has 19 heavy (non-hydrogen) atoms. The van der Waals surface area contributed by atoms with E-state index in [1.165, 1.54) is 19.1 Å². The minimum atomic E-state index is -1.45. The van der Waals surface area contributed by atoms with Crippen molar-refractivity contribution in [2.45, 2.75) is 12.6 Å². The van der Waals surface area contributed by atoms with Crippen LogP contribution in [0.2, 0.25) is 0 Å². The van der Waals surface area contributed by atoms with Gasteiger partial charge < -0.3 is 4.74 Å². The van der Waals surface area contributed by atoms with Crippen molar-refractivity contribution in [3.8, 4) is 5.75 Å².